The lowest BCUT2D eigenvalue weighted by molar-refractivity contribution is -0.122. The quantitative estimate of drug-likeness (QED) is 0.652. The van der Waals surface area contributed by atoms with Gasteiger partial charge in [-0.1, -0.05) is 0 Å². The molecule has 0 radical (unpaired) electrons. The van der Waals surface area contributed by atoms with Gasteiger partial charge in [0, 0.05) is 19.0 Å². The van der Waals surface area contributed by atoms with E-state index in [9.17, 15) is 9.90 Å². The third-order valence-electron chi connectivity index (χ3n) is 2.76. The number of β-amino-alcohol motifs (C(OH)–C–C–N with tert-alkyl or cyclic N) is 1. The number of piperidine rings is 1. The minimum atomic E-state index is -0.680. The monoisotopic (exact) mass is 201 g/mol. The van der Waals surface area contributed by atoms with Crippen molar-refractivity contribution in [3.05, 3.63) is 0 Å². The van der Waals surface area contributed by atoms with Crippen molar-refractivity contribution in [3.63, 3.8) is 0 Å². The van der Waals surface area contributed by atoms with Crippen LogP contribution in [0.15, 0.2) is 0 Å². The van der Waals surface area contributed by atoms with Gasteiger partial charge in [0.15, 0.2) is 0 Å². The summed E-state index contributed by atoms with van der Waals surface area (Å²) >= 11 is 0. The molecular weight excluding hydrogens is 182 g/mol. The summed E-state index contributed by atoms with van der Waals surface area (Å²) in [5.74, 6) is 0.350. The molecule has 2 atom stereocenters. The number of nitrogens with zero attached hydrogens (tertiary/aromatic N) is 1. The number of aliphatic hydroxyl groups is 2. The second-order valence-electron chi connectivity index (χ2n) is 4.05. The van der Waals surface area contributed by atoms with Crippen LogP contribution in [0, 0.1) is 5.92 Å². The number of hydrogen-bond donors (Lipinski definition) is 2. The fourth-order valence-corrected chi connectivity index (χ4v) is 1.91. The summed E-state index contributed by atoms with van der Waals surface area (Å²) < 4.78 is 0. The first-order chi connectivity index (χ1) is 6.63. The lowest BCUT2D eigenvalue weighted by atomic mass is 9.94. The van der Waals surface area contributed by atoms with Gasteiger partial charge >= 0.3 is 0 Å². The van der Waals surface area contributed by atoms with Crippen molar-refractivity contribution >= 4 is 5.78 Å². The van der Waals surface area contributed by atoms with E-state index in [1.165, 1.54) is 0 Å². The highest BCUT2D eigenvalue weighted by Crippen LogP contribution is 2.17. The van der Waals surface area contributed by atoms with E-state index in [1.807, 2.05) is 0 Å². The molecule has 0 saturated carbocycles. The van der Waals surface area contributed by atoms with Crippen LogP contribution in [0.5, 0.6) is 0 Å². The molecule has 0 aromatic carbocycles. The van der Waals surface area contributed by atoms with Crippen LogP contribution in [0.2, 0.25) is 0 Å². The van der Waals surface area contributed by atoms with E-state index in [-0.39, 0.29) is 18.3 Å². The van der Waals surface area contributed by atoms with E-state index in [2.05, 4.69) is 4.90 Å². The Morgan fingerprint density at radius 1 is 1.64 bits per heavy atom. The van der Waals surface area contributed by atoms with Gasteiger partial charge < -0.3 is 10.2 Å². The molecule has 0 bridgehead atoms. The smallest absolute Gasteiger partial charge is 0.134 e. The Bertz CT molecular complexity index is 196. The SMILES string of the molecule is CC(=O)C1CCCN(CC(O)CO)C1. The van der Waals surface area contributed by atoms with Crippen molar-refractivity contribution in [1.29, 1.82) is 0 Å². The lowest BCUT2D eigenvalue weighted by Gasteiger charge is -2.32. The summed E-state index contributed by atoms with van der Waals surface area (Å²) in [6.45, 7) is 3.53. The summed E-state index contributed by atoms with van der Waals surface area (Å²) in [6, 6.07) is 0. The molecule has 0 aromatic rings. The molecule has 2 N–H and O–H groups in total. The molecule has 1 rings (SSSR count). The zero-order chi connectivity index (χ0) is 10.6. The van der Waals surface area contributed by atoms with E-state index in [4.69, 9.17) is 5.11 Å². The van der Waals surface area contributed by atoms with E-state index in [1.54, 1.807) is 6.92 Å². The molecule has 1 aliphatic heterocycles. The van der Waals surface area contributed by atoms with Crippen molar-refractivity contribution in [2.24, 2.45) is 5.92 Å². The fourth-order valence-electron chi connectivity index (χ4n) is 1.91. The summed E-state index contributed by atoms with van der Waals surface area (Å²) in [6.07, 6.45) is 1.28. The first-order valence-corrected chi connectivity index (χ1v) is 5.15. The molecule has 82 valence electrons. The molecule has 4 nitrogen and oxygen atoms in total. The van der Waals surface area contributed by atoms with Gasteiger partial charge in [-0.15, -0.1) is 0 Å². The van der Waals surface area contributed by atoms with E-state index in [0.29, 0.717) is 6.54 Å². The van der Waals surface area contributed by atoms with Gasteiger partial charge in [0.25, 0.3) is 0 Å². The number of likely N-dealkylation sites (tertiary alicyclic amines) is 1. The van der Waals surface area contributed by atoms with Crippen LogP contribution in [0.3, 0.4) is 0 Å². The van der Waals surface area contributed by atoms with Gasteiger partial charge in [0.2, 0.25) is 0 Å². The summed E-state index contributed by atoms with van der Waals surface area (Å²) in [7, 11) is 0. The molecule has 1 fully saturated rings. The van der Waals surface area contributed by atoms with E-state index < -0.39 is 6.10 Å². The van der Waals surface area contributed by atoms with Crippen molar-refractivity contribution in [1.82, 2.24) is 4.90 Å². The van der Waals surface area contributed by atoms with Gasteiger partial charge in [-0.25, -0.2) is 0 Å². The van der Waals surface area contributed by atoms with Gasteiger partial charge in [-0.3, -0.25) is 9.69 Å². The highest BCUT2D eigenvalue weighted by Gasteiger charge is 2.23. The second kappa shape index (κ2) is 5.44. The zero-order valence-corrected chi connectivity index (χ0v) is 8.65. The largest absolute Gasteiger partial charge is 0.394 e. The molecule has 4 heteroatoms. The van der Waals surface area contributed by atoms with Gasteiger partial charge in [-0.05, 0) is 26.3 Å². The fraction of sp³-hybridized carbons (Fsp3) is 0.900. The topological polar surface area (TPSA) is 60.8 Å². The molecule has 0 amide bonds. The number of rotatable bonds is 4. The van der Waals surface area contributed by atoms with E-state index in [0.717, 1.165) is 25.9 Å². The van der Waals surface area contributed by atoms with Crippen LogP contribution in [-0.2, 0) is 4.79 Å². The number of carbonyl (C=O) groups excluding carboxylic acids is 1. The minimum absolute atomic E-state index is 0.120. The molecule has 2 unspecified atom stereocenters. The van der Waals surface area contributed by atoms with Crippen LogP contribution in [0.1, 0.15) is 19.8 Å². The molecular formula is C10H19NO3. The molecule has 1 saturated heterocycles. The highest BCUT2D eigenvalue weighted by atomic mass is 16.3. The minimum Gasteiger partial charge on any atom is -0.394 e. The second-order valence-corrected chi connectivity index (χ2v) is 4.05. The Morgan fingerprint density at radius 3 is 2.93 bits per heavy atom. The molecule has 0 aliphatic carbocycles. The average molecular weight is 201 g/mol. The normalized spacial score (nSPS) is 26.1. The summed E-state index contributed by atoms with van der Waals surface area (Å²) in [5.41, 5.74) is 0. The van der Waals surface area contributed by atoms with Crippen LogP contribution < -0.4 is 0 Å². The Morgan fingerprint density at radius 2 is 2.36 bits per heavy atom. The van der Waals surface area contributed by atoms with Crippen molar-refractivity contribution in [3.8, 4) is 0 Å². The average Bonchev–Trinajstić information content (AvgIpc) is 2.18. The molecule has 0 spiro atoms. The van der Waals surface area contributed by atoms with Crippen molar-refractivity contribution in [2.75, 3.05) is 26.2 Å². The Hall–Kier alpha value is -0.450. The number of Topliss-reactive ketones (excluding diaryl/α,β-unsaturated/α-hetero) is 1. The number of aliphatic hydroxyl groups excluding tert-OH is 2. The Labute approximate surface area is 84.5 Å². The number of carbonyl (C=O) groups is 1. The summed E-state index contributed by atoms with van der Waals surface area (Å²) in [4.78, 5) is 13.2. The predicted octanol–water partition coefficient (Wildman–Crippen LogP) is -0.359. The van der Waals surface area contributed by atoms with Crippen LogP contribution in [0.4, 0.5) is 0 Å². The zero-order valence-electron chi connectivity index (χ0n) is 8.65. The Balaban J connectivity index is 2.36. The van der Waals surface area contributed by atoms with E-state index >= 15 is 0 Å². The molecule has 1 heterocycles. The molecule has 0 aromatic heterocycles. The van der Waals surface area contributed by atoms with Crippen molar-refractivity contribution in [2.45, 2.75) is 25.9 Å². The van der Waals surface area contributed by atoms with Crippen LogP contribution >= 0.6 is 0 Å². The third-order valence-corrected chi connectivity index (χ3v) is 2.76. The lowest BCUT2D eigenvalue weighted by Crippen LogP contribution is -2.42. The standard InChI is InChI=1S/C10H19NO3/c1-8(13)9-3-2-4-11(5-9)6-10(14)7-12/h9-10,12,14H,2-7H2,1H3. The molecule has 14 heavy (non-hydrogen) atoms. The number of ketones is 1. The summed E-state index contributed by atoms with van der Waals surface area (Å²) in [5, 5.41) is 18.0. The number of hydrogen-bond acceptors (Lipinski definition) is 4. The maximum Gasteiger partial charge on any atom is 0.134 e. The van der Waals surface area contributed by atoms with Gasteiger partial charge in [0.05, 0.1) is 12.7 Å². The third kappa shape index (κ3) is 3.36. The first-order valence-electron chi connectivity index (χ1n) is 5.15. The maximum atomic E-state index is 11.2. The predicted molar refractivity (Wildman–Crippen MR) is 52.9 cm³/mol. The first kappa shape index (κ1) is 11.6. The maximum absolute atomic E-state index is 11.2. The van der Waals surface area contributed by atoms with Crippen molar-refractivity contribution < 1.29 is 15.0 Å². The van der Waals surface area contributed by atoms with Crippen LogP contribution in [-0.4, -0.2) is 53.2 Å². The van der Waals surface area contributed by atoms with Gasteiger partial charge in [-0.2, -0.15) is 0 Å². The van der Waals surface area contributed by atoms with Gasteiger partial charge in [0.1, 0.15) is 5.78 Å². The van der Waals surface area contributed by atoms with Crippen LogP contribution in [0.25, 0.3) is 0 Å². The molecule has 1 aliphatic rings. The highest BCUT2D eigenvalue weighted by molar-refractivity contribution is 5.78. The Kier molecular flexibility index (Phi) is 4.51.